The lowest BCUT2D eigenvalue weighted by Crippen LogP contribution is -2.28. The van der Waals surface area contributed by atoms with Gasteiger partial charge in [-0.2, -0.15) is 0 Å². The molecule has 1 saturated heterocycles. The van der Waals surface area contributed by atoms with Crippen molar-refractivity contribution in [1.82, 2.24) is 10.2 Å². The maximum atomic E-state index is 11.1. The van der Waals surface area contributed by atoms with Gasteiger partial charge in [-0.25, -0.2) is 4.79 Å². The summed E-state index contributed by atoms with van der Waals surface area (Å²) in [6.07, 6.45) is 6.34. The Labute approximate surface area is 80.5 Å². The Morgan fingerprint density at radius 1 is 1.31 bits per heavy atom. The van der Waals surface area contributed by atoms with Crippen LogP contribution in [0.25, 0.3) is 0 Å². The lowest BCUT2D eigenvalue weighted by atomic mass is 10.1. The van der Waals surface area contributed by atoms with Gasteiger partial charge in [-0.1, -0.05) is 32.6 Å². The molecule has 0 spiro atoms. The van der Waals surface area contributed by atoms with E-state index in [9.17, 15) is 4.79 Å². The molecule has 1 aliphatic heterocycles. The third-order valence-corrected chi connectivity index (χ3v) is 2.48. The van der Waals surface area contributed by atoms with E-state index < -0.39 is 0 Å². The van der Waals surface area contributed by atoms with E-state index in [1.54, 1.807) is 0 Å². The van der Waals surface area contributed by atoms with Crippen molar-refractivity contribution in [2.24, 2.45) is 0 Å². The van der Waals surface area contributed by atoms with Crippen LogP contribution in [0.1, 0.15) is 39.0 Å². The first kappa shape index (κ1) is 10.4. The maximum absolute atomic E-state index is 11.1. The number of carbonyl (C=O) groups excluding carboxylic acids is 1. The molecule has 0 atom stereocenters. The largest absolute Gasteiger partial charge is 0.336 e. The highest BCUT2D eigenvalue weighted by Crippen LogP contribution is 2.05. The molecule has 1 aliphatic rings. The van der Waals surface area contributed by atoms with Crippen LogP contribution in [0.2, 0.25) is 0 Å². The van der Waals surface area contributed by atoms with Gasteiger partial charge in [0.25, 0.3) is 0 Å². The van der Waals surface area contributed by atoms with E-state index in [1.165, 1.54) is 25.7 Å². The summed E-state index contributed by atoms with van der Waals surface area (Å²) in [5.74, 6) is 0. The minimum Gasteiger partial charge on any atom is -0.336 e. The highest BCUT2D eigenvalue weighted by atomic mass is 16.2. The molecule has 1 heterocycles. The monoisotopic (exact) mass is 184 g/mol. The second-order valence-electron chi connectivity index (χ2n) is 3.63. The van der Waals surface area contributed by atoms with Crippen molar-refractivity contribution in [3.8, 4) is 0 Å². The van der Waals surface area contributed by atoms with Crippen LogP contribution in [0.5, 0.6) is 0 Å². The van der Waals surface area contributed by atoms with Crippen molar-refractivity contribution in [2.75, 3.05) is 19.6 Å². The molecule has 0 saturated carbocycles. The molecule has 1 N–H and O–H groups in total. The van der Waals surface area contributed by atoms with E-state index in [0.29, 0.717) is 0 Å². The van der Waals surface area contributed by atoms with Crippen LogP contribution in [0, 0.1) is 0 Å². The Bertz CT molecular complexity index is 159. The number of carbonyl (C=O) groups is 1. The van der Waals surface area contributed by atoms with Crippen LogP contribution in [0.3, 0.4) is 0 Å². The summed E-state index contributed by atoms with van der Waals surface area (Å²) in [6, 6.07) is 0.121. The molecular formula is C10H20N2O. The third-order valence-electron chi connectivity index (χ3n) is 2.48. The Morgan fingerprint density at radius 3 is 2.69 bits per heavy atom. The first-order chi connectivity index (χ1) is 6.34. The molecule has 0 aromatic rings. The Kier molecular flexibility index (Phi) is 4.65. The van der Waals surface area contributed by atoms with Gasteiger partial charge in [-0.15, -0.1) is 0 Å². The summed E-state index contributed by atoms with van der Waals surface area (Å²) >= 11 is 0. The summed E-state index contributed by atoms with van der Waals surface area (Å²) in [5.41, 5.74) is 0. The summed E-state index contributed by atoms with van der Waals surface area (Å²) in [4.78, 5) is 13.0. The zero-order valence-electron chi connectivity index (χ0n) is 8.51. The van der Waals surface area contributed by atoms with Crippen molar-refractivity contribution >= 4 is 6.03 Å². The molecule has 0 unspecified atom stereocenters. The molecule has 0 aliphatic carbocycles. The summed E-state index contributed by atoms with van der Waals surface area (Å²) in [5, 5.41) is 2.81. The number of hydrogen-bond donors (Lipinski definition) is 1. The molecule has 1 rings (SSSR count). The van der Waals surface area contributed by atoms with Crippen molar-refractivity contribution in [3.63, 3.8) is 0 Å². The van der Waals surface area contributed by atoms with Crippen LogP contribution >= 0.6 is 0 Å². The van der Waals surface area contributed by atoms with Gasteiger partial charge >= 0.3 is 6.03 Å². The Morgan fingerprint density at radius 2 is 2.08 bits per heavy atom. The molecule has 0 aromatic carbocycles. The quantitative estimate of drug-likeness (QED) is 0.629. The van der Waals surface area contributed by atoms with Gasteiger partial charge in [0.15, 0.2) is 0 Å². The summed E-state index contributed by atoms with van der Waals surface area (Å²) < 4.78 is 0. The van der Waals surface area contributed by atoms with Gasteiger partial charge in [0.05, 0.1) is 0 Å². The molecule has 76 valence electrons. The molecule has 0 aromatic heterocycles. The van der Waals surface area contributed by atoms with Gasteiger partial charge in [-0.05, 0) is 6.42 Å². The van der Waals surface area contributed by atoms with Gasteiger partial charge in [0, 0.05) is 19.6 Å². The first-order valence-corrected chi connectivity index (χ1v) is 5.37. The molecule has 2 amide bonds. The van der Waals surface area contributed by atoms with E-state index in [-0.39, 0.29) is 6.03 Å². The van der Waals surface area contributed by atoms with Crippen molar-refractivity contribution in [3.05, 3.63) is 0 Å². The van der Waals surface area contributed by atoms with E-state index >= 15 is 0 Å². The fourth-order valence-corrected chi connectivity index (χ4v) is 1.63. The average molecular weight is 184 g/mol. The predicted molar refractivity (Wildman–Crippen MR) is 53.7 cm³/mol. The Balaban J connectivity index is 1.96. The molecule has 0 bridgehead atoms. The topological polar surface area (TPSA) is 32.3 Å². The fraction of sp³-hybridized carbons (Fsp3) is 0.900. The van der Waals surface area contributed by atoms with Crippen LogP contribution < -0.4 is 5.32 Å². The van der Waals surface area contributed by atoms with Gasteiger partial charge < -0.3 is 10.2 Å². The lowest BCUT2D eigenvalue weighted by Gasteiger charge is -2.13. The minimum absolute atomic E-state index is 0.121. The Hall–Kier alpha value is -0.730. The fourth-order valence-electron chi connectivity index (χ4n) is 1.63. The van der Waals surface area contributed by atoms with Crippen LogP contribution in [0.15, 0.2) is 0 Å². The SMILES string of the molecule is CCCCCCCN1CCNC1=O. The third kappa shape index (κ3) is 3.66. The van der Waals surface area contributed by atoms with Crippen LogP contribution in [-0.2, 0) is 0 Å². The lowest BCUT2D eigenvalue weighted by molar-refractivity contribution is 0.216. The highest BCUT2D eigenvalue weighted by molar-refractivity contribution is 5.76. The van der Waals surface area contributed by atoms with Crippen molar-refractivity contribution in [1.29, 1.82) is 0 Å². The molecule has 13 heavy (non-hydrogen) atoms. The maximum Gasteiger partial charge on any atom is 0.317 e. The number of hydrogen-bond acceptors (Lipinski definition) is 1. The van der Waals surface area contributed by atoms with E-state index in [1.807, 2.05) is 4.90 Å². The number of rotatable bonds is 6. The normalized spacial score (nSPS) is 16.4. The van der Waals surface area contributed by atoms with E-state index in [4.69, 9.17) is 0 Å². The highest BCUT2D eigenvalue weighted by Gasteiger charge is 2.17. The average Bonchev–Trinajstić information content (AvgIpc) is 2.52. The standard InChI is InChI=1S/C10H20N2O/c1-2-3-4-5-6-8-12-9-7-11-10(12)13/h2-9H2,1H3,(H,11,13). The van der Waals surface area contributed by atoms with Crippen LogP contribution in [-0.4, -0.2) is 30.6 Å². The number of unbranched alkanes of at least 4 members (excludes halogenated alkanes) is 4. The van der Waals surface area contributed by atoms with Gasteiger partial charge in [0.1, 0.15) is 0 Å². The smallest absolute Gasteiger partial charge is 0.317 e. The van der Waals surface area contributed by atoms with E-state index in [0.717, 1.165) is 26.1 Å². The number of amides is 2. The first-order valence-electron chi connectivity index (χ1n) is 5.37. The molecule has 3 heteroatoms. The minimum atomic E-state index is 0.121. The second kappa shape index (κ2) is 5.84. The predicted octanol–water partition coefficient (Wildman–Crippen LogP) is 1.98. The number of nitrogens with one attached hydrogen (secondary N) is 1. The van der Waals surface area contributed by atoms with Gasteiger partial charge in [-0.3, -0.25) is 0 Å². The van der Waals surface area contributed by atoms with Crippen LogP contribution in [0.4, 0.5) is 4.79 Å². The molecule has 0 radical (unpaired) electrons. The molecular weight excluding hydrogens is 164 g/mol. The second-order valence-corrected chi connectivity index (χ2v) is 3.63. The zero-order valence-corrected chi connectivity index (χ0v) is 8.51. The zero-order chi connectivity index (χ0) is 9.52. The molecule has 3 nitrogen and oxygen atoms in total. The number of urea groups is 1. The van der Waals surface area contributed by atoms with Crippen molar-refractivity contribution < 1.29 is 4.79 Å². The van der Waals surface area contributed by atoms with Gasteiger partial charge in [0.2, 0.25) is 0 Å². The summed E-state index contributed by atoms with van der Waals surface area (Å²) in [6.45, 7) is 4.88. The van der Waals surface area contributed by atoms with Crippen molar-refractivity contribution in [2.45, 2.75) is 39.0 Å². The molecule has 1 fully saturated rings. The number of nitrogens with zero attached hydrogens (tertiary/aromatic N) is 1. The summed E-state index contributed by atoms with van der Waals surface area (Å²) in [7, 11) is 0. The van der Waals surface area contributed by atoms with E-state index in [2.05, 4.69) is 12.2 Å².